The lowest BCUT2D eigenvalue weighted by molar-refractivity contribution is 0.440. The van der Waals surface area contributed by atoms with Gasteiger partial charge in [0.2, 0.25) is 5.88 Å². The predicted octanol–water partition coefficient (Wildman–Crippen LogP) is 2.39. The third-order valence-electron chi connectivity index (χ3n) is 1.82. The van der Waals surface area contributed by atoms with Crippen molar-refractivity contribution in [1.82, 2.24) is 4.98 Å². The molecule has 0 bridgehead atoms. The van der Waals surface area contributed by atoms with Gasteiger partial charge in [0, 0.05) is 21.1 Å². The molecule has 0 aliphatic carbocycles. The van der Waals surface area contributed by atoms with Gasteiger partial charge in [0.1, 0.15) is 11.6 Å². The Morgan fingerprint density at radius 1 is 1.21 bits per heavy atom. The Balaban J connectivity index is 2.89. The molecule has 5 heteroatoms. The number of hydrogen-bond donors (Lipinski definition) is 2. The second-order valence-electron chi connectivity index (χ2n) is 2.78. The predicted molar refractivity (Wildman–Crippen MR) is 57.7 cm³/mol. The molecule has 1 aromatic heterocycles. The highest BCUT2D eigenvalue weighted by molar-refractivity contribution is 14.1. The summed E-state index contributed by atoms with van der Waals surface area (Å²) in [7, 11) is 0. The first-order valence-electron chi connectivity index (χ1n) is 3.75. The van der Waals surface area contributed by atoms with E-state index in [1.54, 1.807) is 0 Å². The normalized spacial score (nSPS) is 10.7. The Morgan fingerprint density at radius 2 is 1.93 bits per heavy atom. The molecule has 14 heavy (non-hydrogen) atoms. The topological polar surface area (TPSA) is 53.4 Å². The van der Waals surface area contributed by atoms with Crippen LogP contribution >= 0.6 is 22.6 Å². The van der Waals surface area contributed by atoms with Crippen molar-refractivity contribution in [2.75, 3.05) is 0 Å². The quantitative estimate of drug-likeness (QED) is 0.735. The van der Waals surface area contributed by atoms with Crippen LogP contribution in [0.2, 0.25) is 0 Å². The molecule has 3 nitrogen and oxygen atoms in total. The van der Waals surface area contributed by atoms with E-state index < -0.39 is 5.82 Å². The Morgan fingerprint density at radius 3 is 2.64 bits per heavy atom. The van der Waals surface area contributed by atoms with E-state index >= 15 is 0 Å². The number of nitrogens with zero attached hydrogens (tertiary/aromatic N) is 1. The Labute approximate surface area is 92.3 Å². The van der Waals surface area contributed by atoms with Crippen LogP contribution in [0.25, 0.3) is 10.9 Å². The smallest absolute Gasteiger partial charge is 0.215 e. The molecule has 0 unspecified atom stereocenters. The lowest BCUT2D eigenvalue weighted by Crippen LogP contribution is -1.86. The second-order valence-corrected chi connectivity index (χ2v) is 3.95. The van der Waals surface area contributed by atoms with E-state index in [0.29, 0.717) is 8.96 Å². The van der Waals surface area contributed by atoms with E-state index in [1.807, 2.05) is 22.6 Å². The highest BCUT2D eigenvalue weighted by atomic mass is 127. The fourth-order valence-electron chi connectivity index (χ4n) is 1.19. The van der Waals surface area contributed by atoms with Crippen molar-refractivity contribution < 1.29 is 14.6 Å². The maximum atomic E-state index is 13.1. The summed E-state index contributed by atoms with van der Waals surface area (Å²) in [6.07, 6.45) is 0. The lowest BCUT2D eigenvalue weighted by atomic mass is 10.2. The van der Waals surface area contributed by atoms with Crippen LogP contribution in [0.4, 0.5) is 4.39 Å². The summed E-state index contributed by atoms with van der Waals surface area (Å²) < 4.78 is 13.5. The number of pyridine rings is 1. The summed E-state index contributed by atoms with van der Waals surface area (Å²) in [5, 5.41) is 18.9. The number of hydrogen-bond acceptors (Lipinski definition) is 3. The van der Waals surface area contributed by atoms with Crippen molar-refractivity contribution in [1.29, 1.82) is 0 Å². The van der Waals surface area contributed by atoms with Gasteiger partial charge >= 0.3 is 0 Å². The first-order valence-corrected chi connectivity index (χ1v) is 4.83. The van der Waals surface area contributed by atoms with Gasteiger partial charge in [0.05, 0.1) is 5.52 Å². The third-order valence-corrected chi connectivity index (χ3v) is 2.64. The number of rotatable bonds is 0. The van der Waals surface area contributed by atoms with E-state index in [9.17, 15) is 9.50 Å². The van der Waals surface area contributed by atoms with Crippen molar-refractivity contribution in [2.24, 2.45) is 0 Å². The first-order chi connectivity index (χ1) is 6.58. The van der Waals surface area contributed by atoms with Crippen molar-refractivity contribution in [3.8, 4) is 11.6 Å². The molecule has 72 valence electrons. The van der Waals surface area contributed by atoms with E-state index in [4.69, 9.17) is 5.11 Å². The molecule has 0 aliphatic rings. The maximum absolute atomic E-state index is 13.1. The number of aromatic hydroxyl groups is 2. The molecule has 0 atom stereocenters. The molecule has 0 saturated heterocycles. The number of halogens is 2. The second kappa shape index (κ2) is 3.23. The van der Waals surface area contributed by atoms with Crippen molar-refractivity contribution in [3.63, 3.8) is 0 Å². The molecule has 0 amide bonds. The largest absolute Gasteiger partial charge is 0.507 e. The minimum Gasteiger partial charge on any atom is -0.507 e. The summed E-state index contributed by atoms with van der Waals surface area (Å²) in [6.45, 7) is 0. The Hall–Kier alpha value is -1.11. The van der Waals surface area contributed by atoms with Gasteiger partial charge in [-0.15, -0.1) is 0 Å². The van der Waals surface area contributed by atoms with Crippen LogP contribution in [0.3, 0.4) is 0 Å². The number of fused-ring (bicyclic) bond motifs is 1. The molecular weight excluding hydrogens is 300 g/mol. The van der Waals surface area contributed by atoms with Gasteiger partial charge < -0.3 is 10.2 Å². The highest BCUT2D eigenvalue weighted by Crippen LogP contribution is 2.29. The summed E-state index contributed by atoms with van der Waals surface area (Å²) in [4.78, 5) is 3.69. The first kappa shape index (κ1) is 9.45. The van der Waals surface area contributed by atoms with Crippen molar-refractivity contribution in [2.45, 2.75) is 0 Å². The van der Waals surface area contributed by atoms with Crippen LogP contribution in [-0.2, 0) is 0 Å². The molecule has 2 N–H and O–H groups in total. The van der Waals surface area contributed by atoms with E-state index in [2.05, 4.69) is 4.98 Å². The monoisotopic (exact) mass is 305 g/mol. The molecule has 0 saturated carbocycles. The zero-order chi connectivity index (χ0) is 10.3. The fourth-order valence-corrected chi connectivity index (χ4v) is 1.66. The summed E-state index contributed by atoms with van der Waals surface area (Å²) in [5.74, 6) is -0.850. The zero-order valence-corrected chi connectivity index (χ0v) is 8.99. The standard InChI is InChI=1S/C9H5FINO2/c10-5-2-7-4(1-6(5)11)8(13)3-9(14)12-7/h1-3H,(H2,12,13,14). The molecule has 1 aromatic carbocycles. The van der Waals surface area contributed by atoms with Crippen LogP contribution < -0.4 is 0 Å². The van der Waals surface area contributed by atoms with E-state index in [1.165, 1.54) is 12.1 Å². The molecule has 2 aromatic rings. The minimum atomic E-state index is -0.421. The van der Waals surface area contributed by atoms with Gasteiger partial charge in [-0.05, 0) is 28.7 Å². The van der Waals surface area contributed by atoms with Crippen LogP contribution in [0.1, 0.15) is 0 Å². The molecule has 0 spiro atoms. The Bertz CT molecular complexity index is 516. The SMILES string of the molecule is Oc1cc(O)c2cc(I)c(F)cc2n1. The van der Waals surface area contributed by atoms with E-state index in [-0.39, 0.29) is 17.1 Å². The van der Waals surface area contributed by atoms with E-state index in [0.717, 1.165) is 6.07 Å². The number of aromatic nitrogens is 1. The van der Waals surface area contributed by atoms with Crippen molar-refractivity contribution in [3.05, 3.63) is 27.6 Å². The Kier molecular flexibility index (Phi) is 2.18. The van der Waals surface area contributed by atoms with Gasteiger partial charge in [0.15, 0.2) is 0 Å². The summed E-state index contributed by atoms with van der Waals surface area (Å²) in [5.41, 5.74) is 0.236. The van der Waals surface area contributed by atoms with Crippen LogP contribution in [0.15, 0.2) is 18.2 Å². The van der Waals surface area contributed by atoms with Crippen LogP contribution in [0, 0.1) is 9.39 Å². The van der Waals surface area contributed by atoms with Gasteiger partial charge in [-0.25, -0.2) is 9.37 Å². The third kappa shape index (κ3) is 1.47. The molecule has 0 aliphatic heterocycles. The summed E-state index contributed by atoms with van der Waals surface area (Å²) >= 11 is 1.82. The van der Waals surface area contributed by atoms with Gasteiger partial charge in [-0.1, -0.05) is 0 Å². The average molecular weight is 305 g/mol. The lowest BCUT2D eigenvalue weighted by Gasteiger charge is -2.02. The van der Waals surface area contributed by atoms with Gasteiger partial charge in [-0.3, -0.25) is 0 Å². The minimum absolute atomic E-state index is 0.106. The molecule has 0 radical (unpaired) electrons. The molecule has 2 rings (SSSR count). The van der Waals surface area contributed by atoms with Gasteiger partial charge in [0.25, 0.3) is 0 Å². The van der Waals surface area contributed by atoms with Crippen molar-refractivity contribution >= 4 is 33.5 Å². The highest BCUT2D eigenvalue weighted by Gasteiger charge is 2.08. The maximum Gasteiger partial charge on any atom is 0.215 e. The fraction of sp³-hybridized carbons (Fsp3) is 0. The van der Waals surface area contributed by atoms with Crippen LogP contribution in [-0.4, -0.2) is 15.2 Å². The average Bonchev–Trinajstić information content (AvgIpc) is 2.08. The number of benzene rings is 1. The molecule has 0 fully saturated rings. The van der Waals surface area contributed by atoms with Gasteiger partial charge in [-0.2, -0.15) is 0 Å². The van der Waals surface area contributed by atoms with Crippen LogP contribution in [0.5, 0.6) is 11.6 Å². The molecule has 1 heterocycles. The molecular formula is C9H5FINO2. The zero-order valence-electron chi connectivity index (χ0n) is 6.83. The summed E-state index contributed by atoms with van der Waals surface area (Å²) in [6, 6.07) is 3.78.